The lowest BCUT2D eigenvalue weighted by Gasteiger charge is -2.21. The quantitative estimate of drug-likeness (QED) is 0.877. The number of rotatable bonds is 5. The van der Waals surface area contributed by atoms with Crippen LogP contribution in [-0.4, -0.2) is 18.1 Å². The minimum atomic E-state index is 0.560. The highest BCUT2D eigenvalue weighted by Gasteiger charge is 2.14. The van der Waals surface area contributed by atoms with E-state index in [1.165, 1.54) is 10.9 Å². The van der Waals surface area contributed by atoms with Crippen LogP contribution in [0.4, 0.5) is 0 Å². The summed E-state index contributed by atoms with van der Waals surface area (Å²) in [5.74, 6) is 1.19. The van der Waals surface area contributed by atoms with Crippen LogP contribution in [0.25, 0.3) is 10.9 Å². The minimum Gasteiger partial charge on any atom is -0.317 e. The van der Waals surface area contributed by atoms with Crippen molar-refractivity contribution in [3.05, 3.63) is 41.6 Å². The number of fused-ring (bicyclic) bond motifs is 1. The van der Waals surface area contributed by atoms with Crippen LogP contribution in [0.2, 0.25) is 0 Å². The highest BCUT2D eigenvalue weighted by Crippen LogP contribution is 2.26. The van der Waals surface area contributed by atoms with Gasteiger partial charge in [-0.2, -0.15) is 0 Å². The number of nitrogens with one attached hydrogen (secondary N) is 1. The van der Waals surface area contributed by atoms with Gasteiger partial charge in [0.1, 0.15) is 0 Å². The van der Waals surface area contributed by atoms with Crippen molar-refractivity contribution in [3.8, 4) is 0 Å². The van der Waals surface area contributed by atoms with Crippen LogP contribution in [0.15, 0.2) is 30.3 Å². The fourth-order valence-electron chi connectivity index (χ4n) is 2.41. The summed E-state index contributed by atoms with van der Waals surface area (Å²) < 4.78 is 0. The molecule has 0 bridgehead atoms. The summed E-state index contributed by atoms with van der Waals surface area (Å²) in [6, 6.07) is 10.9. The normalized spacial score (nSPS) is 14.5. The summed E-state index contributed by atoms with van der Waals surface area (Å²) in [5.41, 5.74) is 3.58. The van der Waals surface area contributed by atoms with Crippen LogP contribution in [0.3, 0.4) is 0 Å². The third-order valence-electron chi connectivity index (χ3n) is 3.95. The van der Waals surface area contributed by atoms with E-state index in [0.717, 1.165) is 24.3 Å². The standard InChI is InChI=1S/C17H24N2/c1-5-18-11-12(2)14(4)15-8-9-17-16(10-15)7-6-13(3)19-17/h6-10,12,14,18H,5,11H2,1-4H3. The van der Waals surface area contributed by atoms with Crippen LogP contribution in [-0.2, 0) is 0 Å². The molecule has 0 spiro atoms. The molecule has 1 aromatic carbocycles. The topological polar surface area (TPSA) is 24.9 Å². The first-order valence-electron chi connectivity index (χ1n) is 7.20. The van der Waals surface area contributed by atoms with Gasteiger partial charge in [-0.3, -0.25) is 4.98 Å². The van der Waals surface area contributed by atoms with Crippen LogP contribution >= 0.6 is 0 Å². The summed E-state index contributed by atoms with van der Waals surface area (Å²) >= 11 is 0. The molecule has 0 radical (unpaired) electrons. The molecule has 0 saturated heterocycles. The molecule has 0 aliphatic carbocycles. The van der Waals surface area contributed by atoms with E-state index in [-0.39, 0.29) is 0 Å². The Kier molecular flexibility index (Phi) is 4.54. The zero-order chi connectivity index (χ0) is 13.8. The Hall–Kier alpha value is -1.41. The summed E-state index contributed by atoms with van der Waals surface area (Å²) in [7, 11) is 0. The first-order chi connectivity index (χ1) is 9.11. The van der Waals surface area contributed by atoms with Crippen LogP contribution in [0, 0.1) is 12.8 Å². The van der Waals surface area contributed by atoms with Crippen molar-refractivity contribution in [2.24, 2.45) is 5.92 Å². The summed E-state index contributed by atoms with van der Waals surface area (Å²) in [6.07, 6.45) is 0. The van der Waals surface area contributed by atoms with E-state index in [4.69, 9.17) is 0 Å². The largest absolute Gasteiger partial charge is 0.317 e. The smallest absolute Gasteiger partial charge is 0.0705 e. The second-order valence-electron chi connectivity index (χ2n) is 5.48. The SMILES string of the molecule is CCNCC(C)C(C)c1ccc2nc(C)ccc2c1. The summed E-state index contributed by atoms with van der Waals surface area (Å²) in [5, 5.41) is 4.67. The van der Waals surface area contributed by atoms with E-state index in [1.54, 1.807) is 0 Å². The van der Waals surface area contributed by atoms with E-state index >= 15 is 0 Å². The first kappa shape index (κ1) is 14.0. The molecule has 2 unspecified atom stereocenters. The van der Waals surface area contributed by atoms with Crippen LogP contribution < -0.4 is 5.32 Å². The zero-order valence-corrected chi connectivity index (χ0v) is 12.4. The van der Waals surface area contributed by atoms with Gasteiger partial charge in [0.2, 0.25) is 0 Å². The monoisotopic (exact) mass is 256 g/mol. The predicted octanol–water partition coefficient (Wildman–Crippen LogP) is 3.89. The fraction of sp³-hybridized carbons (Fsp3) is 0.471. The fourth-order valence-corrected chi connectivity index (χ4v) is 2.41. The molecule has 0 amide bonds. The Morgan fingerprint density at radius 1 is 1.16 bits per heavy atom. The minimum absolute atomic E-state index is 0.560. The molecular formula is C17H24N2. The molecule has 19 heavy (non-hydrogen) atoms. The number of aromatic nitrogens is 1. The molecule has 0 saturated carbocycles. The zero-order valence-electron chi connectivity index (χ0n) is 12.4. The molecule has 1 N–H and O–H groups in total. The Bertz CT molecular complexity index is 548. The molecule has 2 aromatic rings. The van der Waals surface area contributed by atoms with E-state index < -0.39 is 0 Å². The third kappa shape index (κ3) is 3.32. The average molecular weight is 256 g/mol. The van der Waals surface area contributed by atoms with Crippen molar-refractivity contribution in [1.82, 2.24) is 10.3 Å². The van der Waals surface area contributed by atoms with Gasteiger partial charge in [-0.25, -0.2) is 0 Å². The average Bonchev–Trinajstić information content (AvgIpc) is 2.43. The van der Waals surface area contributed by atoms with Crippen LogP contribution in [0.5, 0.6) is 0 Å². The number of pyridine rings is 1. The molecular weight excluding hydrogens is 232 g/mol. The summed E-state index contributed by atoms with van der Waals surface area (Å²) in [4.78, 5) is 4.56. The Labute approximate surface area is 116 Å². The van der Waals surface area contributed by atoms with Crippen molar-refractivity contribution in [1.29, 1.82) is 0 Å². The molecule has 2 nitrogen and oxygen atoms in total. The number of hydrogen-bond donors (Lipinski definition) is 1. The first-order valence-corrected chi connectivity index (χ1v) is 7.20. The molecule has 102 valence electrons. The van der Waals surface area contributed by atoms with E-state index in [0.29, 0.717) is 11.8 Å². The van der Waals surface area contributed by atoms with E-state index in [1.807, 2.05) is 6.92 Å². The Balaban J connectivity index is 2.22. The molecule has 0 aliphatic heterocycles. The molecule has 2 atom stereocenters. The number of nitrogens with zero attached hydrogens (tertiary/aromatic N) is 1. The van der Waals surface area contributed by atoms with Gasteiger partial charge in [0, 0.05) is 11.1 Å². The van der Waals surface area contributed by atoms with Gasteiger partial charge in [0.25, 0.3) is 0 Å². The second kappa shape index (κ2) is 6.16. The molecule has 1 heterocycles. The Morgan fingerprint density at radius 3 is 2.68 bits per heavy atom. The molecule has 2 rings (SSSR count). The number of aryl methyl sites for hydroxylation is 1. The maximum atomic E-state index is 4.56. The van der Waals surface area contributed by atoms with Crippen LogP contribution in [0.1, 0.15) is 37.9 Å². The lowest BCUT2D eigenvalue weighted by atomic mass is 9.88. The van der Waals surface area contributed by atoms with Crippen molar-refractivity contribution in [3.63, 3.8) is 0 Å². The highest BCUT2D eigenvalue weighted by atomic mass is 14.8. The van der Waals surface area contributed by atoms with Gasteiger partial charge in [-0.15, -0.1) is 0 Å². The lowest BCUT2D eigenvalue weighted by molar-refractivity contribution is 0.454. The van der Waals surface area contributed by atoms with E-state index in [9.17, 15) is 0 Å². The van der Waals surface area contributed by atoms with E-state index in [2.05, 4.69) is 61.4 Å². The van der Waals surface area contributed by atoms with Gasteiger partial charge < -0.3 is 5.32 Å². The number of hydrogen-bond acceptors (Lipinski definition) is 2. The Morgan fingerprint density at radius 2 is 1.95 bits per heavy atom. The molecule has 1 aromatic heterocycles. The molecule has 0 aliphatic rings. The maximum absolute atomic E-state index is 4.56. The highest BCUT2D eigenvalue weighted by molar-refractivity contribution is 5.79. The van der Waals surface area contributed by atoms with Gasteiger partial charge in [-0.05, 0) is 55.6 Å². The van der Waals surface area contributed by atoms with Crippen molar-refractivity contribution in [2.75, 3.05) is 13.1 Å². The molecule has 0 fully saturated rings. The third-order valence-corrected chi connectivity index (χ3v) is 3.95. The van der Waals surface area contributed by atoms with Gasteiger partial charge in [0.05, 0.1) is 5.52 Å². The van der Waals surface area contributed by atoms with Crippen molar-refractivity contribution in [2.45, 2.75) is 33.6 Å². The van der Waals surface area contributed by atoms with Gasteiger partial charge >= 0.3 is 0 Å². The second-order valence-corrected chi connectivity index (χ2v) is 5.48. The lowest BCUT2D eigenvalue weighted by Crippen LogP contribution is -2.24. The predicted molar refractivity (Wildman–Crippen MR) is 82.6 cm³/mol. The van der Waals surface area contributed by atoms with Crippen molar-refractivity contribution < 1.29 is 0 Å². The summed E-state index contributed by atoms with van der Waals surface area (Å²) in [6.45, 7) is 10.9. The maximum Gasteiger partial charge on any atom is 0.0705 e. The van der Waals surface area contributed by atoms with Gasteiger partial charge in [-0.1, -0.05) is 32.9 Å². The number of benzene rings is 1. The molecule has 2 heteroatoms. The van der Waals surface area contributed by atoms with Gasteiger partial charge in [0.15, 0.2) is 0 Å². The van der Waals surface area contributed by atoms with Crippen molar-refractivity contribution >= 4 is 10.9 Å².